The lowest BCUT2D eigenvalue weighted by Crippen LogP contribution is -2.30. The van der Waals surface area contributed by atoms with E-state index in [-0.39, 0.29) is 21.7 Å². The van der Waals surface area contributed by atoms with Crippen molar-refractivity contribution in [2.45, 2.75) is 24.2 Å². The Morgan fingerprint density at radius 3 is 2.54 bits per heavy atom. The van der Waals surface area contributed by atoms with Crippen LogP contribution in [0.4, 0.5) is 11.4 Å². The van der Waals surface area contributed by atoms with Gasteiger partial charge in [0, 0.05) is 18.2 Å². The van der Waals surface area contributed by atoms with E-state index in [1.54, 1.807) is 23.1 Å². The second-order valence-electron chi connectivity index (χ2n) is 6.54. The number of nitrogens with one attached hydrogen (secondary N) is 1. The standard InChI is InChI=1S/C18H16Cl2N2O3S/c19-15-5-3-13(10-16(15)20)21-26(24,25)14-4-6-17-12(9-14)7-8-22(17)18(23)11-1-2-11/h3-6,9-11,21H,1-2,7-8H2. The summed E-state index contributed by atoms with van der Waals surface area (Å²) in [4.78, 5) is 14.3. The molecule has 1 aliphatic heterocycles. The predicted octanol–water partition coefficient (Wildman–Crippen LogP) is 4.09. The summed E-state index contributed by atoms with van der Waals surface area (Å²) in [5.41, 5.74) is 2.02. The zero-order valence-electron chi connectivity index (χ0n) is 13.7. The molecule has 4 rings (SSSR count). The van der Waals surface area contributed by atoms with Gasteiger partial charge in [-0.05, 0) is 61.2 Å². The van der Waals surface area contributed by atoms with Gasteiger partial charge < -0.3 is 4.90 Å². The molecule has 0 radical (unpaired) electrons. The average molecular weight is 411 g/mol. The summed E-state index contributed by atoms with van der Waals surface area (Å²) in [6, 6.07) is 9.42. The number of hydrogen-bond acceptors (Lipinski definition) is 3. The van der Waals surface area contributed by atoms with Crippen LogP contribution in [-0.4, -0.2) is 20.9 Å². The first-order chi connectivity index (χ1) is 12.3. The summed E-state index contributed by atoms with van der Waals surface area (Å²) in [5.74, 6) is 0.286. The van der Waals surface area contributed by atoms with E-state index in [9.17, 15) is 13.2 Å². The van der Waals surface area contributed by atoms with Crippen LogP contribution in [0.2, 0.25) is 10.0 Å². The third kappa shape index (κ3) is 3.29. The maximum absolute atomic E-state index is 12.7. The summed E-state index contributed by atoms with van der Waals surface area (Å²) in [6.45, 7) is 0.606. The molecule has 0 unspecified atom stereocenters. The zero-order valence-corrected chi connectivity index (χ0v) is 16.0. The van der Waals surface area contributed by atoms with Crippen molar-refractivity contribution in [3.63, 3.8) is 0 Å². The molecule has 1 amide bonds. The quantitative estimate of drug-likeness (QED) is 0.824. The highest BCUT2D eigenvalue weighted by molar-refractivity contribution is 7.92. The molecule has 8 heteroatoms. The predicted molar refractivity (Wildman–Crippen MR) is 102 cm³/mol. The molecular weight excluding hydrogens is 395 g/mol. The Balaban J connectivity index is 1.59. The number of sulfonamides is 1. The van der Waals surface area contributed by atoms with Crippen molar-refractivity contribution in [3.8, 4) is 0 Å². The SMILES string of the molecule is O=C(C1CC1)N1CCc2cc(S(=O)(=O)Nc3ccc(Cl)c(Cl)c3)ccc21. The van der Waals surface area contributed by atoms with E-state index in [1.807, 2.05) is 0 Å². The minimum atomic E-state index is -3.76. The molecule has 1 N–H and O–H groups in total. The van der Waals surface area contributed by atoms with E-state index in [1.165, 1.54) is 18.2 Å². The van der Waals surface area contributed by atoms with Crippen LogP contribution in [0.1, 0.15) is 18.4 Å². The Hall–Kier alpha value is -1.76. The van der Waals surface area contributed by atoms with Crippen molar-refractivity contribution in [3.05, 3.63) is 52.0 Å². The lowest BCUT2D eigenvalue weighted by Gasteiger charge is -2.17. The largest absolute Gasteiger partial charge is 0.312 e. The molecule has 0 spiro atoms. The summed E-state index contributed by atoms with van der Waals surface area (Å²) >= 11 is 11.8. The maximum Gasteiger partial charge on any atom is 0.261 e. The molecule has 1 aliphatic carbocycles. The first-order valence-corrected chi connectivity index (χ1v) is 10.5. The number of halogens is 2. The Labute approximate surface area is 162 Å². The van der Waals surface area contributed by atoms with E-state index in [0.717, 1.165) is 24.1 Å². The molecule has 136 valence electrons. The van der Waals surface area contributed by atoms with E-state index in [2.05, 4.69) is 4.72 Å². The van der Waals surface area contributed by atoms with Gasteiger partial charge in [0.1, 0.15) is 0 Å². The third-order valence-electron chi connectivity index (χ3n) is 4.62. The molecule has 26 heavy (non-hydrogen) atoms. The molecule has 2 aliphatic rings. The van der Waals surface area contributed by atoms with Gasteiger partial charge in [-0.1, -0.05) is 23.2 Å². The van der Waals surface area contributed by atoms with Gasteiger partial charge in [0.05, 0.1) is 20.6 Å². The lowest BCUT2D eigenvalue weighted by atomic mass is 10.2. The van der Waals surface area contributed by atoms with Crippen LogP contribution in [-0.2, 0) is 21.2 Å². The van der Waals surface area contributed by atoms with Gasteiger partial charge in [0.15, 0.2) is 0 Å². The molecule has 1 saturated carbocycles. The Bertz CT molecular complexity index is 1000. The normalized spacial score (nSPS) is 16.5. The zero-order chi connectivity index (χ0) is 18.5. The van der Waals surface area contributed by atoms with Crippen LogP contribution in [0.5, 0.6) is 0 Å². The molecule has 1 fully saturated rings. The van der Waals surface area contributed by atoms with Crippen LogP contribution >= 0.6 is 23.2 Å². The van der Waals surface area contributed by atoms with Crippen LogP contribution < -0.4 is 9.62 Å². The van der Waals surface area contributed by atoms with E-state index < -0.39 is 10.0 Å². The number of rotatable bonds is 4. The molecule has 0 bridgehead atoms. The minimum absolute atomic E-state index is 0.140. The molecule has 2 aromatic carbocycles. The Morgan fingerprint density at radius 1 is 1.08 bits per heavy atom. The van der Waals surface area contributed by atoms with Crippen LogP contribution in [0.15, 0.2) is 41.3 Å². The van der Waals surface area contributed by atoms with Crippen molar-refractivity contribution in [1.82, 2.24) is 0 Å². The number of fused-ring (bicyclic) bond motifs is 1. The first kappa shape index (κ1) is 17.6. The van der Waals surface area contributed by atoms with Gasteiger partial charge in [-0.25, -0.2) is 8.42 Å². The van der Waals surface area contributed by atoms with Gasteiger partial charge in [-0.15, -0.1) is 0 Å². The van der Waals surface area contributed by atoms with Gasteiger partial charge in [-0.3, -0.25) is 9.52 Å². The fourth-order valence-corrected chi connectivity index (χ4v) is 4.50. The number of benzene rings is 2. The average Bonchev–Trinajstić information content (AvgIpc) is 3.36. The van der Waals surface area contributed by atoms with Crippen LogP contribution in [0.3, 0.4) is 0 Å². The minimum Gasteiger partial charge on any atom is -0.312 e. The van der Waals surface area contributed by atoms with Gasteiger partial charge in [-0.2, -0.15) is 0 Å². The highest BCUT2D eigenvalue weighted by Crippen LogP contribution is 2.37. The number of anilines is 2. The molecule has 0 saturated heterocycles. The van der Waals surface area contributed by atoms with Crippen molar-refractivity contribution in [1.29, 1.82) is 0 Å². The summed E-state index contributed by atoms with van der Waals surface area (Å²) in [6.07, 6.45) is 2.55. The van der Waals surface area contributed by atoms with Crippen molar-refractivity contribution in [2.75, 3.05) is 16.2 Å². The smallest absolute Gasteiger partial charge is 0.261 e. The van der Waals surface area contributed by atoms with Gasteiger partial charge >= 0.3 is 0 Å². The molecule has 1 heterocycles. The summed E-state index contributed by atoms with van der Waals surface area (Å²) in [7, 11) is -3.76. The first-order valence-electron chi connectivity index (χ1n) is 8.27. The molecule has 2 aromatic rings. The van der Waals surface area contributed by atoms with Crippen molar-refractivity contribution >= 4 is 50.5 Å². The fraction of sp³-hybridized carbons (Fsp3) is 0.278. The fourth-order valence-electron chi connectivity index (χ4n) is 3.10. The van der Waals surface area contributed by atoms with E-state index >= 15 is 0 Å². The third-order valence-corrected chi connectivity index (χ3v) is 6.74. The molecule has 0 aromatic heterocycles. The lowest BCUT2D eigenvalue weighted by molar-refractivity contribution is -0.119. The number of hydrogen-bond donors (Lipinski definition) is 1. The number of carbonyl (C=O) groups excluding carboxylic acids is 1. The van der Waals surface area contributed by atoms with Crippen molar-refractivity contribution in [2.24, 2.45) is 5.92 Å². The highest BCUT2D eigenvalue weighted by Gasteiger charge is 2.36. The number of amides is 1. The van der Waals surface area contributed by atoms with Crippen LogP contribution in [0.25, 0.3) is 0 Å². The van der Waals surface area contributed by atoms with E-state index in [0.29, 0.717) is 23.7 Å². The Kier molecular flexibility index (Phi) is 4.37. The number of carbonyl (C=O) groups is 1. The van der Waals surface area contributed by atoms with Gasteiger partial charge in [0.2, 0.25) is 5.91 Å². The number of nitrogens with zero attached hydrogens (tertiary/aromatic N) is 1. The summed E-state index contributed by atoms with van der Waals surface area (Å²) < 4.78 is 27.8. The van der Waals surface area contributed by atoms with Crippen molar-refractivity contribution < 1.29 is 13.2 Å². The summed E-state index contributed by atoms with van der Waals surface area (Å²) in [5, 5.41) is 0.627. The molecular formula is C18H16Cl2N2O3S. The Morgan fingerprint density at radius 2 is 1.85 bits per heavy atom. The van der Waals surface area contributed by atoms with Crippen LogP contribution in [0, 0.1) is 5.92 Å². The topological polar surface area (TPSA) is 66.5 Å². The van der Waals surface area contributed by atoms with E-state index in [4.69, 9.17) is 23.2 Å². The molecule has 5 nitrogen and oxygen atoms in total. The monoisotopic (exact) mass is 410 g/mol. The molecule has 0 atom stereocenters. The maximum atomic E-state index is 12.7. The van der Waals surface area contributed by atoms with Gasteiger partial charge in [0.25, 0.3) is 10.0 Å². The highest BCUT2D eigenvalue weighted by atomic mass is 35.5. The second-order valence-corrected chi connectivity index (χ2v) is 9.04. The second kappa shape index (κ2) is 6.44.